The molecular weight excluding hydrogens is 384 g/mol. The van der Waals surface area contributed by atoms with Crippen LogP contribution in [0.3, 0.4) is 0 Å². The number of hydrogen-bond acceptors (Lipinski definition) is 5. The van der Waals surface area contributed by atoms with Gasteiger partial charge in [0.1, 0.15) is 12.4 Å². The van der Waals surface area contributed by atoms with Gasteiger partial charge in [-0.2, -0.15) is 0 Å². The average molecular weight is 404 g/mol. The zero-order chi connectivity index (χ0) is 20.1. The second kappa shape index (κ2) is 8.80. The normalized spacial score (nSPS) is 14.6. The van der Waals surface area contributed by atoms with Gasteiger partial charge in [-0.05, 0) is 53.8 Å². The number of thiophene rings is 1. The molecule has 146 valence electrons. The van der Waals surface area contributed by atoms with Crippen LogP contribution in [0.25, 0.3) is 11.8 Å². The van der Waals surface area contributed by atoms with Crippen LogP contribution in [0.1, 0.15) is 22.9 Å². The van der Waals surface area contributed by atoms with Crippen LogP contribution in [-0.4, -0.2) is 12.6 Å². The van der Waals surface area contributed by atoms with Crippen LogP contribution in [0.4, 0.5) is 0 Å². The van der Waals surface area contributed by atoms with E-state index in [2.05, 4.69) is 0 Å². The highest BCUT2D eigenvalue weighted by molar-refractivity contribution is 7.11. The van der Waals surface area contributed by atoms with Crippen LogP contribution in [0.2, 0.25) is 0 Å². The number of esters is 1. The van der Waals surface area contributed by atoms with Crippen molar-refractivity contribution in [2.45, 2.75) is 13.5 Å². The molecule has 1 aliphatic heterocycles. The number of carbonyl (C=O) groups excluding carboxylic acids is 1. The Morgan fingerprint density at radius 1 is 1.00 bits per heavy atom. The fourth-order valence-corrected chi connectivity index (χ4v) is 3.62. The largest absolute Gasteiger partial charge is 0.490 e. The van der Waals surface area contributed by atoms with E-state index in [9.17, 15) is 4.79 Å². The molecule has 5 heteroatoms. The predicted octanol–water partition coefficient (Wildman–Crippen LogP) is 5.71. The molecule has 2 aromatic carbocycles. The molecule has 0 radical (unpaired) electrons. The molecule has 0 N–H and O–H groups in total. The molecule has 0 spiro atoms. The van der Waals surface area contributed by atoms with E-state index in [1.165, 1.54) is 11.3 Å². The van der Waals surface area contributed by atoms with Gasteiger partial charge in [-0.1, -0.05) is 42.5 Å². The van der Waals surface area contributed by atoms with E-state index in [1.54, 1.807) is 12.2 Å². The molecule has 4 nitrogen and oxygen atoms in total. The Bertz CT molecular complexity index is 1050. The molecule has 2 heterocycles. The fraction of sp³-hybridized carbons (Fsp3) is 0.125. The maximum Gasteiger partial charge on any atom is 0.343 e. The van der Waals surface area contributed by atoms with E-state index in [0.717, 1.165) is 16.0 Å². The van der Waals surface area contributed by atoms with Crippen molar-refractivity contribution in [1.82, 2.24) is 0 Å². The molecule has 0 bridgehead atoms. The van der Waals surface area contributed by atoms with Crippen molar-refractivity contribution in [3.63, 3.8) is 0 Å². The molecule has 3 aromatic rings. The molecule has 0 atom stereocenters. The van der Waals surface area contributed by atoms with E-state index >= 15 is 0 Å². The van der Waals surface area contributed by atoms with Crippen molar-refractivity contribution in [3.8, 4) is 11.5 Å². The van der Waals surface area contributed by atoms with Crippen LogP contribution in [0.15, 0.2) is 77.7 Å². The molecule has 0 unspecified atom stereocenters. The number of ether oxygens (including phenoxy) is 3. The summed E-state index contributed by atoms with van der Waals surface area (Å²) in [6.45, 7) is 2.91. The van der Waals surface area contributed by atoms with Gasteiger partial charge in [0.25, 0.3) is 0 Å². The molecule has 1 aliphatic rings. The molecule has 0 fully saturated rings. The second-order valence-electron chi connectivity index (χ2n) is 6.39. The Hall–Kier alpha value is -3.31. The summed E-state index contributed by atoms with van der Waals surface area (Å²) >= 11 is 1.54. The predicted molar refractivity (Wildman–Crippen MR) is 115 cm³/mol. The fourth-order valence-electron chi connectivity index (χ4n) is 2.95. The summed E-state index contributed by atoms with van der Waals surface area (Å²) in [5, 5.41) is 1.95. The summed E-state index contributed by atoms with van der Waals surface area (Å²) < 4.78 is 17.1. The van der Waals surface area contributed by atoms with Crippen molar-refractivity contribution in [2.75, 3.05) is 6.61 Å². The van der Waals surface area contributed by atoms with Crippen LogP contribution in [0.5, 0.6) is 11.5 Å². The maximum absolute atomic E-state index is 12.2. The first-order valence-corrected chi connectivity index (χ1v) is 10.2. The van der Waals surface area contributed by atoms with Gasteiger partial charge in [0.2, 0.25) is 0 Å². The second-order valence-corrected chi connectivity index (χ2v) is 7.34. The van der Waals surface area contributed by atoms with E-state index in [0.29, 0.717) is 36.0 Å². The zero-order valence-electron chi connectivity index (χ0n) is 16.0. The summed E-state index contributed by atoms with van der Waals surface area (Å²) in [7, 11) is 0. The minimum atomic E-state index is -0.351. The summed E-state index contributed by atoms with van der Waals surface area (Å²) in [6, 6.07) is 19.5. The monoisotopic (exact) mass is 404 g/mol. The first kappa shape index (κ1) is 19.0. The molecule has 29 heavy (non-hydrogen) atoms. The van der Waals surface area contributed by atoms with Crippen molar-refractivity contribution in [1.29, 1.82) is 0 Å². The van der Waals surface area contributed by atoms with Gasteiger partial charge in [-0.15, -0.1) is 11.3 Å². The SMILES string of the molecule is CCOc1cc(/C=C2\C=C(c3cccs3)OC2=O)ccc1OCc1ccccc1. The molecule has 1 aromatic heterocycles. The van der Waals surface area contributed by atoms with Crippen molar-refractivity contribution >= 4 is 29.1 Å². The summed E-state index contributed by atoms with van der Waals surface area (Å²) in [6.07, 6.45) is 3.57. The highest BCUT2D eigenvalue weighted by Gasteiger charge is 2.22. The first-order valence-electron chi connectivity index (χ1n) is 9.36. The van der Waals surface area contributed by atoms with E-state index in [1.807, 2.05) is 73.0 Å². The Balaban J connectivity index is 1.56. The standard InChI is InChI=1S/C24H20O4S/c1-2-26-21-14-18(10-11-20(21)27-16-17-7-4-3-5-8-17)13-19-15-22(28-24(19)25)23-9-6-12-29-23/h3-15H,2,16H2,1H3/b19-13+. The lowest BCUT2D eigenvalue weighted by Gasteiger charge is -2.13. The third-order valence-electron chi connectivity index (χ3n) is 4.32. The zero-order valence-corrected chi connectivity index (χ0v) is 16.8. The quantitative estimate of drug-likeness (QED) is 0.374. The van der Waals surface area contributed by atoms with Crippen LogP contribution >= 0.6 is 11.3 Å². The molecule has 4 rings (SSSR count). The number of carbonyl (C=O) groups is 1. The number of cyclic esters (lactones) is 1. The number of benzene rings is 2. The maximum atomic E-state index is 12.2. The number of rotatable bonds is 7. The topological polar surface area (TPSA) is 44.8 Å². The Labute approximate surface area is 173 Å². The van der Waals surface area contributed by atoms with Gasteiger partial charge in [-0.25, -0.2) is 4.79 Å². The Morgan fingerprint density at radius 2 is 1.86 bits per heavy atom. The lowest BCUT2D eigenvalue weighted by molar-refractivity contribution is -0.130. The van der Waals surface area contributed by atoms with Crippen molar-refractivity contribution < 1.29 is 19.0 Å². The van der Waals surface area contributed by atoms with E-state index < -0.39 is 0 Å². The lowest BCUT2D eigenvalue weighted by Crippen LogP contribution is -2.00. The Morgan fingerprint density at radius 3 is 2.62 bits per heavy atom. The van der Waals surface area contributed by atoms with E-state index in [-0.39, 0.29) is 5.97 Å². The third-order valence-corrected chi connectivity index (χ3v) is 5.20. The van der Waals surface area contributed by atoms with Gasteiger partial charge in [0, 0.05) is 0 Å². The summed E-state index contributed by atoms with van der Waals surface area (Å²) in [4.78, 5) is 13.2. The number of hydrogen-bond donors (Lipinski definition) is 0. The van der Waals surface area contributed by atoms with Gasteiger partial charge in [0.15, 0.2) is 11.5 Å². The van der Waals surface area contributed by atoms with Crippen LogP contribution in [-0.2, 0) is 16.1 Å². The van der Waals surface area contributed by atoms with Crippen LogP contribution < -0.4 is 9.47 Å². The average Bonchev–Trinajstić information content (AvgIpc) is 3.39. The molecule has 0 aliphatic carbocycles. The van der Waals surface area contributed by atoms with Crippen LogP contribution in [0, 0.1) is 0 Å². The van der Waals surface area contributed by atoms with Gasteiger partial charge < -0.3 is 14.2 Å². The highest BCUT2D eigenvalue weighted by Crippen LogP contribution is 2.33. The first-order chi connectivity index (χ1) is 14.2. The molecule has 0 amide bonds. The smallest absolute Gasteiger partial charge is 0.343 e. The summed E-state index contributed by atoms with van der Waals surface area (Å²) in [5.74, 6) is 1.55. The molecule has 0 saturated carbocycles. The van der Waals surface area contributed by atoms with Gasteiger partial charge in [0.05, 0.1) is 17.1 Å². The summed E-state index contributed by atoms with van der Waals surface area (Å²) in [5.41, 5.74) is 2.44. The minimum absolute atomic E-state index is 0.351. The minimum Gasteiger partial charge on any atom is -0.490 e. The van der Waals surface area contributed by atoms with Crippen molar-refractivity contribution in [2.24, 2.45) is 0 Å². The third kappa shape index (κ3) is 4.58. The Kier molecular flexibility index (Phi) is 5.77. The lowest BCUT2D eigenvalue weighted by atomic mass is 10.1. The molecule has 0 saturated heterocycles. The highest BCUT2D eigenvalue weighted by atomic mass is 32.1. The van der Waals surface area contributed by atoms with Crippen molar-refractivity contribution in [3.05, 3.63) is 93.7 Å². The van der Waals surface area contributed by atoms with E-state index in [4.69, 9.17) is 14.2 Å². The van der Waals surface area contributed by atoms with Gasteiger partial charge in [-0.3, -0.25) is 0 Å². The molecular formula is C24H20O4S. The van der Waals surface area contributed by atoms with Gasteiger partial charge >= 0.3 is 5.97 Å².